The number of benzene rings is 1. The first-order chi connectivity index (χ1) is 10.3. The Morgan fingerprint density at radius 2 is 2.00 bits per heavy atom. The molecule has 3 rings (SSSR count). The predicted molar refractivity (Wildman–Crippen MR) is 81.4 cm³/mol. The summed E-state index contributed by atoms with van der Waals surface area (Å²) in [5.41, 5.74) is 2.08. The molecule has 1 aromatic carbocycles. The van der Waals surface area contributed by atoms with E-state index in [-0.39, 0.29) is 16.9 Å². The Morgan fingerprint density at radius 3 is 2.86 bits per heavy atom. The summed E-state index contributed by atoms with van der Waals surface area (Å²) in [7, 11) is 0. The van der Waals surface area contributed by atoms with E-state index in [0.29, 0.717) is 13.0 Å². The summed E-state index contributed by atoms with van der Waals surface area (Å²) in [4.78, 5) is 29.4. The number of para-hydroxylation sites is 1. The Morgan fingerprint density at radius 1 is 1.14 bits per heavy atom. The maximum atomic E-state index is 11.9. The second-order valence-electron chi connectivity index (χ2n) is 4.79. The maximum Gasteiger partial charge on any atom is 0.256 e. The Balaban J connectivity index is 1.65. The minimum Gasteiger partial charge on any atom is -0.367 e. The fourth-order valence-electron chi connectivity index (χ4n) is 2.34. The van der Waals surface area contributed by atoms with Crippen LogP contribution in [-0.4, -0.2) is 22.4 Å². The molecule has 0 saturated carbocycles. The van der Waals surface area contributed by atoms with Crippen LogP contribution in [-0.2, 0) is 6.42 Å². The summed E-state index contributed by atoms with van der Waals surface area (Å²) in [6.45, 7) is 0.481. The van der Waals surface area contributed by atoms with Gasteiger partial charge in [0, 0.05) is 42.1 Å². The Bertz CT molecular complexity index is 832. The van der Waals surface area contributed by atoms with Crippen molar-refractivity contribution in [3.63, 3.8) is 0 Å². The molecule has 0 spiro atoms. The quantitative estimate of drug-likeness (QED) is 0.682. The highest BCUT2D eigenvalue weighted by Crippen LogP contribution is 2.17. The van der Waals surface area contributed by atoms with Crippen molar-refractivity contribution in [2.24, 2.45) is 0 Å². The van der Waals surface area contributed by atoms with Crippen LogP contribution in [0.1, 0.15) is 15.9 Å². The van der Waals surface area contributed by atoms with Gasteiger partial charge in [0.05, 0.1) is 0 Å². The first-order valence-corrected chi connectivity index (χ1v) is 6.76. The molecule has 3 aromatic rings. The highest BCUT2D eigenvalue weighted by atomic mass is 16.2. The van der Waals surface area contributed by atoms with E-state index in [1.807, 2.05) is 30.5 Å². The molecule has 106 valence electrons. The molecule has 0 saturated heterocycles. The van der Waals surface area contributed by atoms with Crippen LogP contribution in [0.5, 0.6) is 0 Å². The number of pyridine rings is 1. The maximum absolute atomic E-state index is 11.9. The van der Waals surface area contributed by atoms with Gasteiger partial charge in [-0.05, 0) is 18.1 Å². The van der Waals surface area contributed by atoms with E-state index < -0.39 is 0 Å². The third-order valence-corrected chi connectivity index (χ3v) is 3.42. The molecule has 0 radical (unpaired) electrons. The van der Waals surface area contributed by atoms with Crippen molar-refractivity contribution in [1.82, 2.24) is 15.3 Å². The Hall–Kier alpha value is -2.82. The third kappa shape index (κ3) is 2.72. The summed E-state index contributed by atoms with van der Waals surface area (Å²) in [5.74, 6) is -0.350. The molecule has 21 heavy (non-hydrogen) atoms. The van der Waals surface area contributed by atoms with Crippen LogP contribution in [0.3, 0.4) is 0 Å². The number of amides is 1. The zero-order valence-electron chi connectivity index (χ0n) is 11.3. The van der Waals surface area contributed by atoms with Crippen molar-refractivity contribution in [3.05, 3.63) is 70.3 Å². The molecule has 0 bridgehead atoms. The molecule has 5 nitrogen and oxygen atoms in total. The van der Waals surface area contributed by atoms with Gasteiger partial charge < -0.3 is 15.3 Å². The van der Waals surface area contributed by atoms with Crippen LogP contribution in [0.15, 0.2) is 53.7 Å². The van der Waals surface area contributed by atoms with Crippen LogP contribution in [0.2, 0.25) is 0 Å². The van der Waals surface area contributed by atoms with Crippen molar-refractivity contribution in [1.29, 1.82) is 0 Å². The lowest BCUT2D eigenvalue weighted by Crippen LogP contribution is -2.30. The van der Waals surface area contributed by atoms with Gasteiger partial charge in [0.15, 0.2) is 5.43 Å². The molecular weight excluding hydrogens is 266 g/mol. The Labute approximate surface area is 121 Å². The lowest BCUT2D eigenvalue weighted by molar-refractivity contribution is 0.0952. The highest BCUT2D eigenvalue weighted by molar-refractivity contribution is 5.93. The fourth-order valence-corrected chi connectivity index (χ4v) is 2.34. The van der Waals surface area contributed by atoms with Crippen molar-refractivity contribution < 1.29 is 4.79 Å². The van der Waals surface area contributed by atoms with Crippen molar-refractivity contribution >= 4 is 16.8 Å². The van der Waals surface area contributed by atoms with E-state index in [1.54, 1.807) is 0 Å². The number of H-pyrrole nitrogens is 2. The van der Waals surface area contributed by atoms with E-state index in [0.717, 1.165) is 16.5 Å². The molecule has 2 aromatic heterocycles. The van der Waals surface area contributed by atoms with Crippen LogP contribution >= 0.6 is 0 Å². The van der Waals surface area contributed by atoms with Gasteiger partial charge in [-0.25, -0.2) is 0 Å². The number of aromatic amines is 2. The van der Waals surface area contributed by atoms with Gasteiger partial charge in [-0.2, -0.15) is 0 Å². The second kappa shape index (κ2) is 5.66. The van der Waals surface area contributed by atoms with Gasteiger partial charge in [-0.15, -0.1) is 0 Å². The number of nitrogens with one attached hydrogen (secondary N) is 3. The molecule has 0 unspecified atom stereocenters. The van der Waals surface area contributed by atoms with Crippen LogP contribution in [0, 0.1) is 0 Å². The highest BCUT2D eigenvalue weighted by Gasteiger charge is 2.09. The Kier molecular flexibility index (Phi) is 3.55. The van der Waals surface area contributed by atoms with E-state index in [2.05, 4.69) is 15.3 Å². The van der Waals surface area contributed by atoms with E-state index in [9.17, 15) is 9.59 Å². The van der Waals surface area contributed by atoms with E-state index >= 15 is 0 Å². The molecular formula is C16H15N3O2. The summed E-state index contributed by atoms with van der Waals surface area (Å²) < 4.78 is 0. The summed E-state index contributed by atoms with van der Waals surface area (Å²) in [5, 5.41) is 3.93. The topological polar surface area (TPSA) is 77.8 Å². The summed E-state index contributed by atoms with van der Waals surface area (Å²) in [6.07, 6.45) is 5.58. The van der Waals surface area contributed by atoms with Crippen LogP contribution in [0.25, 0.3) is 10.9 Å². The van der Waals surface area contributed by atoms with Gasteiger partial charge in [0.1, 0.15) is 5.56 Å². The van der Waals surface area contributed by atoms with Crippen LogP contribution < -0.4 is 10.7 Å². The third-order valence-electron chi connectivity index (χ3n) is 3.42. The average Bonchev–Trinajstić information content (AvgIpc) is 2.91. The smallest absolute Gasteiger partial charge is 0.256 e. The van der Waals surface area contributed by atoms with Gasteiger partial charge in [-0.1, -0.05) is 18.2 Å². The molecule has 0 aliphatic carbocycles. The van der Waals surface area contributed by atoms with Crippen molar-refractivity contribution in [2.45, 2.75) is 6.42 Å². The number of rotatable bonds is 4. The van der Waals surface area contributed by atoms with Gasteiger partial charge >= 0.3 is 0 Å². The standard InChI is InChI=1S/C16H15N3O2/c20-15-6-7-17-10-13(15)16(21)18-8-5-11-9-19-14-4-2-1-3-12(11)14/h1-4,6-7,9-10,19H,5,8H2,(H,17,20)(H,18,21). The molecule has 0 aliphatic rings. The lowest BCUT2D eigenvalue weighted by Gasteiger charge is -2.04. The zero-order chi connectivity index (χ0) is 14.7. The first-order valence-electron chi connectivity index (χ1n) is 6.76. The molecule has 0 fully saturated rings. The van der Waals surface area contributed by atoms with Crippen LogP contribution in [0.4, 0.5) is 0 Å². The normalized spacial score (nSPS) is 10.7. The molecule has 0 atom stereocenters. The second-order valence-corrected chi connectivity index (χ2v) is 4.79. The average molecular weight is 281 g/mol. The monoisotopic (exact) mass is 281 g/mol. The first kappa shape index (κ1) is 13.2. The van der Waals surface area contributed by atoms with E-state index in [1.165, 1.54) is 18.5 Å². The largest absolute Gasteiger partial charge is 0.367 e. The summed E-state index contributed by atoms with van der Waals surface area (Å²) >= 11 is 0. The zero-order valence-corrected chi connectivity index (χ0v) is 11.3. The van der Waals surface area contributed by atoms with Gasteiger partial charge in [-0.3, -0.25) is 9.59 Å². The number of carbonyl (C=O) groups excluding carboxylic acids is 1. The number of hydrogen-bond acceptors (Lipinski definition) is 2. The molecule has 0 aliphatic heterocycles. The lowest BCUT2D eigenvalue weighted by atomic mass is 10.1. The van der Waals surface area contributed by atoms with Crippen molar-refractivity contribution in [2.75, 3.05) is 6.54 Å². The number of hydrogen-bond donors (Lipinski definition) is 3. The molecule has 1 amide bonds. The predicted octanol–water partition coefficient (Wildman–Crippen LogP) is 1.83. The molecule has 2 heterocycles. The molecule has 3 N–H and O–H groups in total. The fraction of sp³-hybridized carbons (Fsp3) is 0.125. The number of aromatic nitrogens is 2. The summed E-state index contributed by atoms with van der Waals surface area (Å²) in [6, 6.07) is 9.37. The van der Waals surface area contributed by atoms with Gasteiger partial charge in [0.25, 0.3) is 5.91 Å². The number of carbonyl (C=O) groups is 1. The SMILES string of the molecule is O=C(NCCc1c[nH]c2ccccc12)c1c[nH]ccc1=O. The minimum absolute atomic E-state index is 0.136. The van der Waals surface area contributed by atoms with Gasteiger partial charge in [0.2, 0.25) is 0 Å². The number of fused-ring (bicyclic) bond motifs is 1. The van der Waals surface area contributed by atoms with Crippen molar-refractivity contribution in [3.8, 4) is 0 Å². The minimum atomic E-state index is -0.350. The molecule has 5 heteroatoms. The van der Waals surface area contributed by atoms with E-state index in [4.69, 9.17) is 0 Å².